The summed E-state index contributed by atoms with van der Waals surface area (Å²) in [6, 6.07) is 0.400. The van der Waals surface area contributed by atoms with Crippen LogP contribution < -0.4 is 11.3 Å². The summed E-state index contributed by atoms with van der Waals surface area (Å²) in [5.74, 6) is 6.46. The van der Waals surface area contributed by atoms with E-state index in [4.69, 9.17) is 5.84 Å². The normalized spacial score (nSPS) is 20.1. The van der Waals surface area contributed by atoms with Crippen LogP contribution in [0, 0.1) is 5.92 Å². The Morgan fingerprint density at radius 2 is 2.12 bits per heavy atom. The van der Waals surface area contributed by atoms with Crippen molar-refractivity contribution in [3.63, 3.8) is 0 Å². The molecule has 2 rings (SSSR count). The van der Waals surface area contributed by atoms with Crippen LogP contribution in [-0.2, 0) is 13.5 Å². The highest BCUT2D eigenvalue weighted by Crippen LogP contribution is 2.26. The molecule has 1 aromatic rings. The van der Waals surface area contributed by atoms with Crippen LogP contribution in [0.2, 0.25) is 0 Å². The van der Waals surface area contributed by atoms with Crippen LogP contribution in [-0.4, -0.2) is 15.8 Å². The maximum absolute atomic E-state index is 5.73. The third kappa shape index (κ3) is 3.54. The van der Waals surface area contributed by atoms with E-state index in [9.17, 15) is 0 Å². The second-order valence-electron chi connectivity index (χ2n) is 5.25. The van der Waals surface area contributed by atoms with Gasteiger partial charge in [0.25, 0.3) is 0 Å². The molecule has 4 nitrogen and oxygen atoms in total. The molecule has 4 heteroatoms. The lowest BCUT2D eigenvalue weighted by atomic mass is 9.89. The smallest absolute Gasteiger partial charge is 0.0522 e. The van der Waals surface area contributed by atoms with Gasteiger partial charge in [0, 0.05) is 19.3 Å². The third-order valence-corrected chi connectivity index (χ3v) is 3.90. The molecule has 1 fully saturated rings. The van der Waals surface area contributed by atoms with Crippen molar-refractivity contribution in [1.82, 2.24) is 15.2 Å². The minimum absolute atomic E-state index is 0.400. The standard InChI is InChI=1S/C13H24N4/c1-17-10-11(9-15-17)8-13(16-14)12-6-4-2-3-5-7-12/h9-10,12-13,16H,2-8,14H2,1H3. The zero-order valence-corrected chi connectivity index (χ0v) is 10.7. The highest BCUT2D eigenvalue weighted by atomic mass is 15.2. The summed E-state index contributed by atoms with van der Waals surface area (Å²) >= 11 is 0. The molecule has 1 saturated carbocycles. The molecule has 1 aliphatic rings. The first kappa shape index (κ1) is 12.6. The van der Waals surface area contributed by atoms with E-state index in [1.54, 1.807) is 0 Å². The molecule has 1 aliphatic carbocycles. The van der Waals surface area contributed by atoms with E-state index in [1.807, 2.05) is 17.9 Å². The van der Waals surface area contributed by atoms with Crippen LogP contribution in [0.25, 0.3) is 0 Å². The quantitative estimate of drug-likeness (QED) is 0.476. The van der Waals surface area contributed by atoms with Gasteiger partial charge in [-0.15, -0.1) is 0 Å². The number of rotatable bonds is 4. The highest BCUT2D eigenvalue weighted by Gasteiger charge is 2.22. The molecule has 0 saturated heterocycles. The van der Waals surface area contributed by atoms with Crippen molar-refractivity contribution >= 4 is 0 Å². The average Bonchev–Trinajstić information content (AvgIpc) is 2.58. The van der Waals surface area contributed by atoms with Gasteiger partial charge in [-0.25, -0.2) is 0 Å². The van der Waals surface area contributed by atoms with E-state index >= 15 is 0 Å². The van der Waals surface area contributed by atoms with E-state index in [-0.39, 0.29) is 0 Å². The molecular formula is C13H24N4. The van der Waals surface area contributed by atoms with Crippen LogP contribution in [0.15, 0.2) is 12.4 Å². The van der Waals surface area contributed by atoms with E-state index in [0.717, 1.165) is 12.3 Å². The summed E-state index contributed by atoms with van der Waals surface area (Å²) in [6.45, 7) is 0. The molecule has 0 spiro atoms. The molecule has 3 N–H and O–H groups in total. The molecule has 96 valence electrons. The van der Waals surface area contributed by atoms with E-state index in [1.165, 1.54) is 44.1 Å². The summed E-state index contributed by atoms with van der Waals surface area (Å²) in [6.07, 6.45) is 13.1. The van der Waals surface area contributed by atoms with Crippen LogP contribution in [0.5, 0.6) is 0 Å². The molecular weight excluding hydrogens is 212 g/mol. The Morgan fingerprint density at radius 1 is 1.41 bits per heavy atom. The minimum atomic E-state index is 0.400. The van der Waals surface area contributed by atoms with E-state index < -0.39 is 0 Å². The van der Waals surface area contributed by atoms with Gasteiger partial charge in [-0.1, -0.05) is 25.7 Å². The Kier molecular flexibility index (Phi) is 4.57. The first-order valence-corrected chi connectivity index (χ1v) is 6.73. The van der Waals surface area contributed by atoms with Gasteiger partial charge < -0.3 is 0 Å². The summed E-state index contributed by atoms with van der Waals surface area (Å²) in [7, 11) is 1.96. The molecule has 17 heavy (non-hydrogen) atoms. The van der Waals surface area contributed by atoms with Crippen molar-refractivity contribution in [3.05, 3.63) is 18.0 Å². The van der Waals surface area contributed by atoms with Gasteiger partial charge in [-0.05, 0) is 30.7 Å². The second-order valence-corrected chi connectivity index (χ2v) is 5.25. The molecule has 0 aliphatic heterocycles. The van der Waals surface area contributed by atoms with Crippen molar-refractivity contribution < 1.29 is 0 Å². The van der Waals surface area contributed by atoms with Crippen LogP contribution in [0.4, 0.5) is 0 Å². The molecule has 0 aromatic carbocycles. The molecule has 1 unspecified atom stereocenters. The number of aromatic nitrogens is 2. The number of nitrogens with one attached hydrogen (secondary N) is 1. The SMILES string of the molecule is Cn1cc(CC(NN)C2CCCCCC2)cn1. The Bertz CT molecular complexity index is 326. The number of hydrogen-bond donors (Lipinski definition) is 2. The predicted octanol–water partition coefficient (Wildman–Crippen LogP) is 1.76. The molecule has 1 aromatic heterocycles. The zero-order chi connectivity index (χ0) is 12.1. The van der Waals surface area contributed by atoms with Crippen molar-refractivity contribution in [3.8, 4) is 0 Å². The molecule has 0 radical (unpaired) electrons. The topological polar surface area (TPSA) is 55.9 Å². The number of hydrazine groups is 1. The third-order valence-electron chi connectivity index (χ3n) is 3.90. The summed E-state index contributed by atoms with van der Waals surface area (Å²) in [5.41, 5.74) is 4.30. The van der Waals surface area contributed by atoms with Gasteiger partial charge in [-0.3, -0.25) is 16.0 Å². The molecule has 1 heterocycles. The van der Waals surface area contributed by atoms with Crippen molar-refractivity contribution in [1.29, 1.82) is 0 Å². The maximum atomic E-state index is 5.73. The first-order valence-electron chi connectivity index (χ1n) is 6.73. The van der Waals surface area contributed by atoms with Crippen molar-refractivity contribution in [2.75, 3.05) is 0 Å². The Hall–Kier alpha value is -0.870. The highest BCUT2D eigenvalue weighted by molar-refractivity contribution is 5.06. The average molecular weight is 236 g/mol. The lowest BCUT2D eigenvalue weighted by Gasteiger charge is -2.25. The fourth-order valence-electron chi connectivity index (χ4n) is 2.91. The van der Waals surface area contributed by atoms with Gasteiger partial charge in [0.05, 0.1) is 6.20 Å². The number of nitrogens with zero attached hydrogens (tertiary/aromatic N) is 2. The Balaban J connectivity index is 1.95. The Morgan fingerprint density at radius 3 is 2.65 bits per heavy atom. The van der Waals surface area contributed by atoms with Crippen LogP contribution in [0.3, 0.4) is 0 Å². The fraction of sp³-hybridized carbons (Fsp3) is 0.769. The summed E-state index contributed by atoms with van der Waals surface area (Å²) < 4.78 is 1.86. The number of nitrogens with two attached hydrogens (primary N) is 1. The molecule has 0 bridgehead atoms. The molecule has 0 amide bonds. The van der Waals surface area contributed by atoms with E-state index in [0.29, 0.717) is 6.04 Å². The lowest BCUT2D eigenvalue weighted by molar-refractivity contribution is 0.320. The van der Waals surface area contributed by atoms with Crippen molar-refractivity contribution in [2.24, 2.45) is 18.8 Å². The predicted molar refractivity (Wildman–Crippen MR) is 69.2 cm³/mol. The van der Waals surface area contributed by atoms with E-state index in [2.05, 4.69) is 16.7 Å². The summed E-state index contributed by atoms with van der Waals surface area (Å²) in [4.78, 5) is 0. The minimum Gasteiger partial charge on any atom is -0.276 e. The van der Waals surface area contributed by atoms with Gasteiger partial charge in [-0.2, -0.15) is 5.10 Å². The zero-order valence-electron chi connectivity index (χ0n) is 10.7. The largest absolute Gasteiger partial charge is 0.276 e. The van der Waals surface area contributed by atoms with Crippen molar-refractivity contribution in [2.45, 2.75) is 51.0 Å². The van der Waals surface area contributed by atoms with Gasteiger partial charge in [0.15, 0.2) is 0 Å². The summed E-state index contributed by atoms with van der Waals surface area (Å²) in [5, 5.41) is 4.22. The number of aryl methyl sites for hydroxylation is 1. The van der Waals surface area contributed by atoms with Gasteiger partial charge >= 0.3 is 0 Å². The second kappa shape index (κ2) is 6.17. The first-order chi connectivity index (χ1) is 8.29. The van der Waals surface area contributed by atoms with Crippen LogP contribution in [0.1, 0.15) is 44.1 Å². The Labute approximate surface area is 104 Å². The van der Waals surface area contributed by atoms with Gasteiger partial charge in [0.2, 0.25) is 0 Å². The molecule has 1 atom stereocenters. The van der Waals surface area contributed by atoms with Crippen LogP contribution >= 0.6 is 0 Å². The monoisotopic (exact) mass is 236 g/mol. The maximum Gasteiger partial charge on any atom is 0.0522 e. The fourth-order valence-corrected chi connectivity index (χ4v) is 2.91. The van der Waals surface area contributed by atoms with Gasteiger partial charge in [0.1, 0.15) is 0 Å². The number of hydrogen-bond acceptors (Lipinski definition) is 3. The lowest BCUT2D eigenvalue weighted by Crippen LogP contribution is -2.42.